The molecule has 2 aromatic carbocycles. The third-order valence-corrected chi connectivity index (χ3v) is 3.29. The zero-order chi connectivity index (χ0) is 14.0. The summed E-state index contributed by atoms with van der Waals surface area (Å²) in [7, 11) is 0. The first-order chi connectivity index (χ1) is 8.95. The number of nitrogens with zero attached hydrogens (tertiary/aromatic N) is 1. The van der Waals surface area contributed by atoms with Crippen LogP contribution in [-0.2, 0) is 5.60 Å². The van der Waals surface area contributed by atoms with Gasteiger partial charge in [-0.3, -0.25) is 0 Å². The summed E-state index contributed by atoms with van der Waals surface area (Å²) in [5, 5.41) is 19.5. The number of aliphatic hydroxyl groups is 1. The van der Waals surface area contributed by atoms with Crippen LogP contribution in [0.1, 0.15) is 29.2 Å². The van der Waals surface area contributed by atoms with Crippen LogP contribution in [0.5, 0.6) is 0 Å². The molecule has 1 atom stereocenters. The monoisotopic (exact) mass is 255 g/mol. The smallest absolute Gasteiger partial charge is 0.126 e. The Kier molecular flexibility index (Phi) is 3.37. The number of nitriles is 1. The molecule has 0 saturated heterocycles. The number of aryl methyl sites for hydroxylation is 1. The van der Waals surface area contributed by atoms with Gasteiger partial charge in [0.2, 0.25) is 0 Å². The third kappa shape index (κ3) is 2.49. The number of halogens is 1. The lowest BCUT2D eigenvalue weighted by Gasteiger charge is -2.25. The average molecular weight is 255 g/mol. The van der Waals surface area contributed by atoms with Gasteiger partial charge in [-0.25, -0.2) is 4.39 Å². The van der Waals surface area contributed by atoms with E-state index in [0.717, 1.165) is 0 Å². The first-order valence-corrected chi connectivity index (χ1v) is 5.95. The van der Waals surface area contributed by atoms with Crippen LogP contribution in [0, 0.1) is 24.1 Å². The molecule has 0 spiro atoms. The van der Waals surface area contributed by atoms with Crippen LogP contribution in [-0.4, -0.2) is 5.11 Å². The average Bonchev–Trinajstić information content (AvgIpc) is 2.41. The van der Waals surface area contributed by atoms with Crippen molar-refractivity contribution in [3.8, 4) is 6.07 Å². The molecule has 96 valence electrons. The molecule has 0 fully saturated rings. The van der Waals surface area contributed by atoms with E-state index in [4.69, 9.17) is 5.26 Å². The summed E-state index contributed by atoms with van der Waals surface area (Å²) in [4.78, 5) is 0. The molecule has 0 aliphatic heterocycles. The van der Waals surface area contributed by atoms with Crippen molar-refractivity contribution in [1.29, 1.82) is 5.26 Å². The third-order valence-electron chi connectivity index (χ3n) is 3.29. The first-order valence-electron chi connectivity index (χ1n) is 5.95. The fourth-order valence-electron chi connectivity index (χ4n) is 1.95. The largest absolute Gasteiger partial charge is 0.381 e. The standard InChI is InChI=1S/C16H14FNO/c1-11-6-7-14(9-15(11)17)16(2,19)13-5-3-4-12(8-13)10-18/h3-9,19H,1-2H3. The Balaban J connectivity index is 2.51. The fraction of sp³-hybridized carbons (Fsp3) is 0.188. The second-order valence-corrected chi connectivity index (χ2v) is 4.73. The number of hydrogen-bond donors (Lipinski definition) is 1. The molecule has 2 aromatic rings. The zero-order valence-electron chi connectivity index (χ0n) is 10.8. The zero-order valence-corrected chi connectivity index (χ0v) is 10.8. The number of hydrogen-bond acceptors (Lipinski definition) is 2. The predicted octanol–water partition coefficient (Wildman–Crippen LogP) is 3.26. The molecule has 0 saturated carbocycles. The first kappa shape index (κ1) is 13.3. The van der Waals surface area contributed by atoms with Crippen LogP contribution in [0.4, 0.5) is 4.39 Å². The van der Waals surface area contributed by atoms with Gasteiger partial charge in [0.25, 0.3) is 0 Å². The maximum absolute atomic E-state index is 13.6. The highest BCUT2D eigenvalue weighted by Crippen LogP contribution is 2.30. The van der Waals surface area contributed by atoms with Gasteiger partial charge in [-0.1, -0.05) is 24.3 Å². The van der Waals surface area contributed by atoms with E-state index in [9.17, 15) is 9.50 Å². The molecule has 3 heteroatoms. The van der Waals surface area contributed by atoms with Crippen LogP contribution in [0.3, 0.4) is 0 Å². The van der Waals surface area contributed by atoms with E-state index in [1.165, 1.54) is 6.07 Å². The van der Waals surface area contributed by atoms with E-state index < -0.39 is 5.60 Å². The van der Waals surface area contributed by atoms with Crippen LogP contribution >= 0.6 is 0 Å². The Morgan fingerprint density at radius 1 is 1.16 bits per heavy atom. The molecular weight excluding hydrogens is 241 g/mol. The van der Waals surface area contributed by atoms with Gasteiger partial charge in [0, 0.05) is 0 Å². The Morgan fingerprint density at radius 2 is 1.84 bits per heavy atom. The van der Waals surface area contributed by atoms with Crippen molar-refractivity contribution in [2.75, 3.05) is 0 Å². The highest BCUT2D eigenvalue weighted by atomic mass is 19.1. The molecule has 0 aromatic heterocycles. The molecule has 0 heterocycles. The van der Waals surface area contributed by atoms with Crippen molar-refractivity contribution >= 4 is 0 Å². The second kappa shape index (κ2) is 4.83. The van der Waals surface area contributed by atoms with E-state index >= 15 is 0 Å². The summed E-state index contributed by atoms with van der Waals surface area (Å²) in [6.07, 6.45) is 0. The lowest BCUT2D eigenvalue weighted by atomic mass is 9.87. The van der Waals surface area contributed by atoms with E-state index in [1.807, 2.05) is 6.07 Å². The lowest BCUT2D eigenvalue weighted by molar-refractivity contribution is 0.102. The van der Waals surface area contributed by atoms with Crippen LogP contribution in [0.2, 0.25) is 0 Å². The van der Waals surface area contributed by atoms with Crippen molar-refractivity contribution in [3.63, 3.8) is 0 Å². The second-order valence-electron chi connectivity index (χ2n) is 4.73. The highest BCUT2D eigenvalue weighted by molar-refractivity contribution is 5.41. The van der Waals surface area contributed by atoms with Gasteiger partial charge in [0.15, 0.2) is 0 Å². The number of benzene rings is 2. The number of rotatable bonds is 2. The minimum absolute atomic E-state index is 0.353. The molecular formula is C16H14FNO. The van der Waals surface area contributed by atoms with Gasteiger partial charge in [-0.05, 0) is 48.7 Å². The fourth-order valence-corrected chi connectivity index (χ4v) is 1.95. The molecule has 0 radical (unpaired) electrons. The minimum atomic E-state index is -1.33. The van der Waals surface area contributed by atoms with Gasteiger partial charge in [-0.2, -0.15) is 5.26 Å². The molecule has 0 aliphatic rings. The van der Waals surface area contributed by atoms with E-state index in [1.54, 1.807) is 50.2 Å². The lowest BCUT2D eigenvalue weighted by Crippen LogP contribution is -2.23. The Hall–Kier alpha value is -2.18. The SMILES string of the molecule is Cc1ccc(C(C)(O)c2cccc(C#N)c2)cc1F. The van der Waals surface area contributed by atoms with Crippen LogP contribution in [0.15, 0.2) is 42.5 Å². The topological polar surface area (TPSA) is 44.0 Å². The maximum atomic E-state index is 13.6. The van der Waals surface area contributed by atoms with E-state index in [0.29, 0.717) is 22.3 Å². The van der Waals surface area contributed by atoms with Gasteiger partial charge < -0.3 is 5.11 Å². The van der Waals surface area contributed by atoms with Crippen molar-refractivity contribution in [2.45, 2.75) is 19.4 Å². The van der Waals surface area contributed by atoms with Crippen molar-refractivity contribution in [3.05, 3.63) is 70.5 Å². The van der Waals surface area contributed by atoms with Crippen molar-refractivity contribution in [1.82, 2.24) is 0 Å². The van der Waals surface area contributed by atoms with Crippen molar-refractivity contribution in [2.24, 2.45) is 0 Å². The van der Waals surface area contributed by atoms with E-state index in [-0.39, 0.29) is 5.82 Å². The Bertz CT molecular complexity index is 656. The summed E-state index contributed by atoms with van der Waals surface area (Å²) in [6, 6.07) is 13.4. The Morgan fingerprint density at radius 3 is 2.47 bits per heavy atom. The van der Waals surface area contributed by atoms with E-state index in [2.05, 4.69) is 0 Å². The summed E-state index contributed by atoms with van der Waals surface area (Å²) in [5.41, 5.74) is 0.692. The van der Waals surface area contributed by atoms with Gasteiger partial charge >= 0.3 is 0 Å². The minimum Gasteiger partial charge on any atom is -0.381 e. The van der Waals surface area contributed by atoms with Crippen LogP contribution < -0.4 is 0 Å². The summed E-state index contributed by atoms with van der Waals surface area (Å²) in [5.74, 6) is -0.353. The molecule has 0 amide bonds. The predicted molar refractivity (Wildman–Crippen MR) is 71.0 cm³/mol. The molecule has 2 rings (SSSR count). The molecule has 19 heavy (non-hydrogen) atoms. The molecule has 1 unspecified atom stereocenters. The normalized spacial score (nSPS) is 13.6. The molecule has 1 N–H and O–H groups in total. The molecule has 2 nitrogen and oxygen atoms in total. The molecule has 0 bridgehead atoms. The summed E-state index contributed by atoms with van der Waals surface area (Å²) >= 11 is 0. The van der Waals surface area contributed by atoms with Gasteiger partial charge in [0.1, 0.15) is 11.4 Å². The summed E-state index contributed by atoms with van der Waals surface area (Å²) in [6.45, 7) is 3.26. The van der Waals surface area contributed by atoms with Crippen LogP contribution in [0.25, 0.3) is 0 Å². The molecule has 0 aliphatic carbocycles. The Labute approximate surface area is 111 Å². The highest BCUT2D eigenvalue weighted by Gasteiger charge is 2.26. The van der Waals surface area contributed by atoms with Crippen molar-refractivity contribution < 1.29 is 9.50 Å². The van der Waals surface area contributed by atoms with Gasteiger partial charge in [0.05, 0.1) is 11.6 Å². The van der Waals surface area contributed by atoms with Gasteiger partial charge in [-0.15, -0.1) is 0 Å². The quantitative estimate of drug-likeness (QED) is 0.895. The maximum Gasteiger partial charge on any atom is 0.126 e. The summed E-state index contributed by atoms with van der Waals surface area (Å²) < 4.78 is 13.6.